The van der Waals surface area contributed by atoms with E-state index in [0.717, 1.165) is 15.2 Å². The van der Waals surface area contributed by atoms with Crippen molar-refractivity contribution in [1.82, 2.24) is 0 Å². The summed E-state index contributed by atoms with van der Waals surface area (Å²) in [5.41, 5.74) is 0. The lowest BCUT2D eigenvalue weighted by Gasteiger charge is -2.01. The third-order valence-electron chi connectivity index (χ3n) is 1.83. The van der Waals surface area contributed by atoms with Gasteiger partial charge in [0.25, 0.3) is 0 Å². The van der Waals surface area contributed by atoms with Crippen molar-refractivity contribution in [3.8, 4) is 0 Å². The predicted octanol–water partition coefficient (Wildman–Crippen LogP) is 4.91. The van der Waals surface area contributed by atoms with E-state index in [1.807, 2.05) is 24.3 Å². The van der Waals surface area contributed by atoms with Gasteiger partial charge in [-0.1, -0.05) is 45.2 Å². The van der Waals surface area contributed by atoms with Gasteiger partial charge in [0.2, 0.25) is 0 Å². The topological polar surface area (TPSA) is 0 Å². The summed E-state index contributed by atoms with van der Waals surface area (Å²) < 4.78 is 1.02. The van der Waals surface area contributed by atoms with Gasteiger partial charge in [-0.2, -0.15) is 0 Å². The predicted molar refractivity (Wildman–Crippen MR) is 61.7 cm³/mol. The molecule has 0 saturated carbocycles. The van der Waals surface area contributed by atoms with E-state index in [1.54, 1.807) is 6.07 Å². The molecule has 2 aromatic rings. The molecule has 0 N–H and O–H groups in total. The van der Waals surface area contributed by atoms with Crippen LogP contribution in [0.15, 0.2) is 34.8 Å². The molecule has 0 atom stereocenters. The van der Waals surface area contributed by atoms with E-state index >= 15 is 0 Å². The van der Waals surface area contributed by atoms with Crippen molar-refractivity contribution in [2.75, 3.05) is 0 Å². The lowest BCUT2D eigenvalue weighted by atomic mass is 10.1. The third-order valence-corrected chi connectivity index (χ3v) is 2.85. The Morgan fingerprint density at radius 2 is 1.77 bits per heavy atom. The van der Waals surface area contributed by atoms with Crippen LogP contribution in [0.4, 0.5) is 0 Å². The lowest BCUT2D eigenvalue weighted by Crippen LogP contribution is -1.75. The Morgan fingerprint density at radius 3 is 2.54 bits per heavy atom. The molecule has 0 aliphatic rings. The lowest BCUT2D eigenvalue weighted by molar-refractivity contribution is 1.70. The minimum atomic E-state index is 0.667. The molecule has 2 rings (SSSR count). The van der Waals surface area contributed by atoms with Gasteiger partial charge < -0.3 is 0 Å². The monoisotopic (exact) mass is 274 g/mol. The Hall–Kier alpha value is -0.240. The Bertz CT molecular complexity index is 466. The van der Waals surface area contributed by atoms with Gasteiger partial charge in [0.15, 0.2) is 0 Å². The molecule has 0 unspecified atom stereocenters. The average Bonchev–Trinajstić information content (AvgIpc) is 2.06. The molecular weight excluding hydrogens is 271 g/mol. The maximum Gasteiger partial charge on any atom is 0.0499 e. The summed E-state index contributed by atoms with van der Waals surface area (Å²) in [6, 6.07) is 9.58. The van der Waals surface area contributed by atoms with Crippen molar-refractivity contribution in [1.29, 1.82) is 0 Å². The molecule has 0 spiro atoms. The van der Waals surface area contributed by atoms with E-state index in [9.17, 15) is 0 Å². The van der Waals surface area contributed by atoms with E-state index in [4.69, 9.17) is 23.2 Å². The van der Waals surface area contributed by atoms with Gasteiger partial charge in [0, 0.05) is 19.9 Å². The van der Waals surface area contributed by atoms with E-state index in [1.165, 1.54) is 0 Å². The maximum absolute atomic E-state index is 6.03. The molecule has 0 bridgehead atoms. The minimum Gasteiger partial charge on any atom is -0.0843 e. The zero-order chi connectivity index (χ0) is 9.42. The van der Waals surface area contributed by atoms with Crippen LogP contribution in [-0.2, 0) is 0 Å². The van der Waals surface area contributed by atoms with E-state index in [2.05, 4.69) is 15.9 Å². The Kier molecular flexibility index (Phi) is 2.50. The van der Waals surface area contributed by atoms with Crippen LogP contribution in [0.5, 0.6) is 0 Å². The van der Waals surface area contributed by atoms with Gasteiger partial charge in [0.05, 0.1) is 0 Å². The molecule has 3 heteroatoms. The Morgan fingerprint density at radius 1 is 1.00 bits per heavy atom. The van der Waals surface area contributed by atoms with Crippen molar-refractivity contribution in [2.24, 2.45) is 0 Å². The molecule has 66 valence electrons. The van der Waals surface area contributed by atoms with Crippen molar-refractivity contribution in [2.45, 2.75) is 0 Å². The molecule has 0 aliphatic heterocycles. The van der Waals surface area contributed by atoms with Crippen LogP contribution in [0, 0.1) is 0 Å². The quantitative estimate of drug-likeness (QED) is 0.641. The molecular formula is C10H5BrCl2. The van der Waals surface area contributed by atoms with Gasteiger partial charge in [-0.15, -0.1) is 0 Å². The fourth-order valence-corrected chi connectivity index (χ4v) is 2.18. The smallest absolute Gasteiger partial charge is 0.0499 e. The first-order valence-electron chi connectivity index (χ1n) is 3.71. The number of benzene rings is 2. The van der Waals surface area contributed by atoms with Gasteiger partial charge in [0.1, 0.15) is 0 Å². The van der Waals surface area contributed by atoms with Crippen molar-refractivity contribution < 1.29 is 0 Å². The molecule has 0 amide bonds. The molecule has 13 heavy (non-hydrogen) atoms. The number of hydrogen-bond acceptors (Lipinski definition) is 0. The van der Waals surface area contributed by atoms with Crippen molar-refractivity contribution in [3.63, 3.8) is 0 Å². The first-order valence-corrected chi connectivity index (χ1v) is 5.26. The van der Waals surface area contributed by atoms with Crippen LogP contribution >= 0.6 is 39.1 Å². The molecule has 0 fully saturated rings. The first-order chi connectivity index (χ1) is 6.16. The Labute approximate surface area is 94.6 Å². The highest BCUT2D eigenvalue weighted by molar-refractivity contribution is 9.10. The number of rotatable bonds is 0. The average molecular weight is 276 g/mol. The molecule has 2 aromatic carbocycles. The summed E-state index contributed by atoms with van der Waals surface area (Å²) in [5, 5.41) is 3.42. The third kappa shape index (κ3) is 1.83. The second-order valence-corrected chi connectivity index (χ2v) is 4.51. The molecule has 0 saturated heterocycles. The Balaban J connectivity index is 2.87. The zero-order valence-corrected chi connectivity index (χ0v) is 9.62. The highest BCUT2D eigenvalue weighted by atomic mass is 79.9. The molecule has 0 radical (unpaired) electrons. The van der Waals surface area contributed by atoms with Gasteiger partial charge >= 0.3 is 0 Å². The largest absolute Gasteiger partial charge is 0.0843 e. The van der Waals surface area contributed by atoms with E-state index in [-0.39, 0.29) is 0 Å². The van der Waals surface area contributed by atoms with E-state index < -0.39 is 0 Å². The first kappa shape index (κ1) is 9.32. The van der Waals surface area contributed by atoms with Crippen LogP contribution < -0.4 is 0 Å². The van der Waals surface area contributed by atoms with Crippen LogP contribution in [0.2, 0.25) is 10.0 Å². The second kappa shape index (κ2) is 3.49. The fourth-order valence-electron chi connectivity index (χ4n) is 1.25. The molecule has 0 aromatic heterocycles. The number of hydrogen-bond donors (Lipinski definition) is 0. The SMILES string of the molecule is Clc1cc(Cl)c2cc(Br)ccc2c1. The maximum atomic E-state index is 6.03. The summed E-state index contributed by atoms with van der Waals surface area (Å²) in [6.07, 6.45) is 0. The highest BCUT2D eigenvalue weighted by Crippen LogP contribution is 2.29. The van der Waals surface area contributed by atoms with E-state index in [0.29, 0.717) is 10.0 Å². The van der Waals surface area contributed by atoms with Crippen LogP contribution in [0.3, 0.4) is 0 Å². The molecule has 0 aliphatic carbocycles. The summed E-state index contributed by atoms with van der Waals surface area (Å²) in [6.45, 7) is 0. The van der Waals surface area contributed by atoms with Gasteiger partial charge in [-0.05, 0) is 29.7 Å². The number of halogens is 3. The second-order valence-electron chi connectivity index (χ2n) is 2.75. The van der Waals surface area contributed by atoms with Gasteiger partial charge in [-0.3, -0.25) is 0 Å². The van der Waals surface area contributed by atoms with Crippen LogP contribution in [0.25, 0.3) is 10.8 Å². The van der Waals surface area contributed by atoms with Gasteiger partial charge in [-0.25, -0.2) is 0 Å². The molecule has 0 heterocycles. The number of fused-ring (bicyclic) bond motifs is 1. The summed E-state index contributed by atoms with van der Waals surface area (Å²) >= 11 is 15.3. The fraction of sp³-hybridized carbons (Fsp3) is 0. The summed E-state index contributed by atoms with van der Waals surface area (Å²) in [4.78, 5) is 0. The normalized spacial score (nSPS) is 10.7. The standard InChI is InChI=1S/C10H5BrCl2/c11-7-2-1-6-3-8(12)5-10(13)9(6)4-7/h1-5H. The van der Waals surface area contributed by atoms with Crippen LogP contribution in [0.1, 0.15) is 0 Å². The summed E-state index contributed by atoms with van der Waals surface area (Å²) in [7, 11) is 0. The summed E-state index contributed by atoms with van der Waals surface area (Å²) in [5.74, 6) is 0. The van der Waals surface area contributed by atoms with Crippen LogP contribution in [-0.4, -0.2) is 0 Å². The molecule has 0 nitrogen and oxygen atoms in total. The minimum absolute atomic E-state index is 0.667. The highest BCUT2D eigenvalue weighted by Gasteiger charge is 2.01. The van der Waals surface area contributed by atoms with Crippen molar-refractivity contribution >= 4 is 49.9 Å². The zero-order valence-electron chi connectivity index (χ0n) is 6.52. The van der Waals surface area contributed by atoms with Crippen molar-refractivity contribution in [3.05, 3.63) is 44.8 Å².